The van der Waals surface area contributed by atoms with Crippen molar-refractivity contribution in [2.75, 3.05) is 5.32 Å². The van der Waals surface area contributed by atoms with E-state index < -0.39 is 0 Å². The minimum atomic E-state index is 0.0152. The Kier molecular flexibility index (Phi) is 3.69. The van der Waals surface area contributed by atoms with Gasteiger partial charge in [0.05, 0.1) is 12.8 Å². The van der Waals surface area contributed by atoms with Crippen molar-refractivity contribution in [1.82, 2.24) is 14.6 Å². The molecule has 0 bridgehead atoms. The molecule has 0 aliphatic rings. The number of hydrogen-bond donors (Lipinski definition) is 2. The Hall–Kier alpha value is -3.18. The maximum atomic E-state index is 9.33. The first-order chi connectivity index (χ1) is 11.8. The summed E-state index contributed by atoms with van der Waals surface area (Å²) in [6.45, 7) is 0.0152. The molecule has 0 unspecified atom stereocenters. The summed E-state index contributed by atoms with van der Waals surface area (Å²) in [6.07, 6.45) is 3.68. The third kappa shape index (κ3) is 2.73. The van der Waals surface area contributed by atoms with Crippen LogP contribution in [-0.4, -0.2) is 19.7 Å². The molecule has 24 heavy (non-hydrogen) atoms. The molecule has 0 atom stereocenters. The zero-order valence-electron chi connectivity index (χ0n) is 12.9. The van der Waals surface area contributed by atoms with Gasteiger partial charge in [0.2, 0.25) is 0 Å². The van der Waals surface area contributed by atoms with Gasteiger partial charge in [-0.1, -0.05) is 36.4 Å². The molecule has 0 aliphatic carbocycles. The fraction of sp³-hybridized carbons (Fsp3) is 0.0526. The van der Waals surface area contributed by atoms with Gasteiger partial charge < -0.3 is 10.4 Å². The maximum Gasteiger partial charge on any atom is 0.165 e. The molecule has 2 aromatic heterocycles. The highest BCUT2D eigenvalue weighted by Gasteiger charge is 2.09. The molecule has 0 spiro atoms. The van der Waals surface area contributed by atoms with Crippen LogP contribution in [0.1, 0.15) is 5.56 Å². The Balaban J connectivity index is 1.76. The van der Waals surface area contributed by atoms with Crippen molar-refractivity contribution in [1.29, 1.82) is 0 Å². The maximum absolute atomic E-state index is 9.33. The molecule has 4 aromatic rings. The highest BCUT2D eigenvalue weighted by Crippen LogP contribution is 2.25. The van der Waals surface area contributed by atoms with E-state index in [1.54, 1.807) is 10.7 Å². The standard InChI is InChI=1S/C19H16N4O/c24-13-14-5-4-6-15(11-14)17-12-20-23-10-9-18(22-19(17)23)21-16-7-2-1-3-8-16/h1-12,24H,13H2,(H,21,22). The summed E-state index contributed by atoms with van der Waals surface area (Å²) in [5.41, 5.74) is 4.54. The summed E-state index contributed by atoms with van der Waals surface area (Å²) in [5, 5.41) is 17.0. The van der Waals surface area contributed by atoms with Crippen LogP contribution in [0, 0.1) is 0 Å². The van der Waals surface area contributed by atoms with Crippen LogP contribution in [-0.2, 0) is 6.61 Å². The van der Waals surface area contributed by atoms with Crippen molar-refractivity contribution in [2.45, 2.75) is 6.61 Å². The van der Waals surface area contributed by atoms with Crippen molar-refractivity contribution in [3.05, 3.63) is 78.6 Å². The highest BCUT2D eigenvalue weighted by molar-refractivity contribution is 5.78. The monoisotopic (exact) mass is 316 g/mol. The van der Waals surface area contributed by atoms with E-state index in [1.807, 2.05) is 66.9 Å². The van der Waals surface area contributed by atoms with Gasteiger partial charge in [-0.3, -0.25) is 0 Å². The Labute approximate surface area is 139 Å². The number of aliphatic hydroxyl groups excluding tert-OH is 1. The molecule has 2 N–H and O–H groups in total. The average molecular weight is 316 g/mol. The van der Waals surface area contributed by atoms with Crippen molar-refractivity contribution < 1.29 is 5.11 Å². The first-order valence-electron chi connectivity index (χ1n) is 7.70. The lowest BCUT2D eigenvalue weighted by molar-refractivity contribution is 0.282. The number of nitrogens with zero attached hydrogens (tertiary/aromatic N) is 3. The fourth-order valence-corrected chi connectivity index (χ4v) is 2.65. The second-order valence-corrected chi connectivity index (χ2v) is 5.49. The zero-order chi connectivity index (χ0) is 16.4. The number of fused-ring (bicyclic) bond motifs is 1. The normalized spacial score (nSPS) is 10.9. The lowest BCUT2D eigenvalue weighted by Crippen LogP contribution is -1.97. The average Bonchev–Trinajstić information content (AvgIpc) is 3.06. The third-order valence-corrected chi connectivity index (χ3v) is 3.84. The summed E-state index contributed by atoms with van der Waals surface area (Å²) in [4.78, 5) is 4.69. The van der Waals surface area contributed by atoms with E-state index in [1.165, 1.54) is 0 Å². The largest absolute Gasteiger partial charge is 0.392 e. The summed E-state index contributed by atoms with van der Waals surface area (Å²) < 4.78 is 1.75. The van der Waals surface area contributed by atoms with E-state index in [-0.39, 0.29) is 6.61 Å². The van der Waals surface area contributed by atoms with Crippen molar-refractivity contribution in [3.8, 4) is 11.1 Å². The molecule has 5 nitrogen and oxygen atoms in total. The van der Waals surface area contributed by atoms with Crippen molar-refractivity contribution in [2.24, 2.45) is 0 Å². The number of nitrogens with one attached hydrogen (secondary N) is 1. The van der Waals surface area contributed by atoms with E-state index in [9.17, 15) is 5.11 Å². The molecule has 0 amide bonds. The van der Waals surface area contributed by atoms with Crippen molar-refractivity contribution in [3.63, 3.8) is 0 Å². The van der Waals surface area contributed by atoms with Crippen molar-refractivity contribution >= 4 is 17.2 Å². The van der Waals surface area contributed by atoms with Crippen LogP contribution in [0.5, 0.6) is 0 Å². The number of para-hydroxylation sites is 1. The van der Waals surface area contributed by atoms with Crippen LogP contribution in [0.2, 0.25) is 0 Å². The molecule has 0 saturated heterocycles. The molecule has 5 heteroatoms. The zero-order valence-corrected chi connectivity index (χ0v) is 12.9. The first kappa shape index (κ1) is 14.4. The van der Waals surface area contributed by atoms with E-state index in [0.29, 0.717) is 0 Å². The third-order valence-electron chi connectivity index (χ3n) is 3.84. The van der Waals surface area contributed by atoms with E-state index in [4.69, 9.17) is 0 Å². The van der Waals surface area contributed by atoms with Gasteiger partial charge in [-0.2, -0.15) is 5.10 Å². The minimum Gasteiger partial charge on any atom is -0.392 e. The minimum absolute atomic E-state index is 0.0152. The van der Waals surface area contributed by atoms with Crippen LogP contribution >= 0.6 is 0 Å². The van der Waals surface area contributed by atoms with E-state index >= 15 is 0 Å². The number of aromatic nitrogens is 3. The molecule has 0 fully saturated rings. The van der Waals surface area contributed by atoms with Crippen LogP contribution in [0.3, 0.4) is 0 Å². The van der Waals surface area contributed by atoms with Gasteiger partial charge in [0.25, 0.3) is 0 Å². The molecule has 4 rings (SSSR count). The number of rotatable bonds is 4. The smallest absolute Gasteiger partial charge is 0.165 e. The number of benzene rings is 2. The van der Waals surface area contributed by atoms with Gasteiger partial charge in [-0.25, -0.2) is 9.50 Å². The topological polar surface area (TPSA) is 62.5 Å². The summed E-state index contributed by atoms with van der Waals surface area (Å²) >= 11 is 0. The number of aliphatic hydroxyl groups is 1. The molecule has 0 aliphatic heterocycles. The lowest BCUT2D eigenvalue weighted by Gasteiger charge is -2.06. The molecule has 2 aromatic carbocycles. The fourth-order valence-electron chi connectivity index (χ4n) is 2.65. The van der Waals surface area contributed by atoms with Crippen LogP contribution in [0.15, 0.2) is 73.1 Å². The summed E-state index contributed by atoms with van der Waals surface area (Å²) in [7, 11) is 0. The molecule has 0 saturated carbocycles. The second-order valence-electron chi connectivity index (χ2n) is 5.49. The van der Waals surface area contributed by atoms with Crippen LogP contribution in [0.25, 0.3) is 16.8 Å². The van der Waals surface area contributed by atoms with Gasteiger partial charge in [0.15, 0.2) is 5.65 Å². The second kappa shape index (κ2) is 6.14. The highest BCUT2D eigenvalue weighted by atomic mass is 16.3. The SMILES string of the molecule is OCc1cccc(-c2cnn3ccc(Nc4ccccc4)nc23)c1. The van der Waals surface area contributed by atoms with Gasteiger partial charge >= 0.3 is 0 Å². The van der Waals surface area contributed by atoms with E-state index in [2.05, 4.69) is 15.4 Å². The van der Waals surface area contributed by atoms with Gasteiger partial charge in [-0.15, -0.1) is 0 Å². The Morgan fingerprint density at radius 1 is 1.00 bits per heavy atom. The lowest BCUT2D eigenvalue weighted by atomic mass is 10.1. The Morgan fingerprint density at radius 2 is 1.88 bits per heavy atom. The van der Waals surface area contributed by atoms with E-state index in [0.717, 1.165) is 33.8 Å². The summed E-state index contributed by atoms with van der Waals surface area (Å²) in [5.74, 6) is 0.758. The van der Waals surface area contributed by atoms with Crippen LogP contribution in [0.4, 0.5) is 11.5 Å². The molecular formula is C19H16N4O. The first-order valence-corrected chi connectivity index (χ1v) is 7.70. The van der Waals surface area contributed by atoms with Gasteiger partial charge in [-0.05, 0) is 35.4 Å². The Morgan fingerprint density at radius 3 is 2.71 bits per heavy atom. The van der Waals surface area contributed by atoms with Crippen LogP contribution < -0.4 is 5.32 Å². The predicted octanol–water partition coefficient (Wildman–Crippen LogP) is 3.63. The van der Waals surface area contributed by atoms with Gasteiger partial charge in [0.1, 0.15) is 5.82 Å². The van der Waals surface area contributed by atoms with Gasteiger partial charge in [0, 0.05) is 17.4 Å². The predicted molar refractivity (Wildman–Crippen MR) is 94.1 cm³/mol. The molecular weight excluding hydrogens is 300 g/mol. The number of hydrogen-bond acceptors (Lipinski definition) is 4. The molecule has 118 valence electrons. The summed E-state index contributed by atoms with van der Waals surface area (Å²) in [6, 6.07) is 19.6. The number of anilines is 2. The quantitative estimate of drug-likeness (QED) is 0.603. The molecule has 0 radical (unpaired) electrons. The Bertz CT molecular complexity index is 979. The molecule has 2 heterocycles.